The molecule has 0 atom stereocenters. The highest BCUT2D eigenvalue weighted by molar-refractivity contribution is 5.55. The molecular weight excluding hydrogens is 190 g/mol. The number of hydrogen-bond donors (Lipinski definition) is 1. The van der Waals surface area contributed by atoms with Gasteiger partial charge in [-0.25, -0.2) is 10.9 Å². The normalized spacial score (nSPS) is 13.9. The van der Waals surface area contributed by atoms with Crippen LogP contribution in [0.25, 0.3) is 0 Å². The zero-order valence-electron chi connectivity index (χ0n) is 8.09. The zero-order chi connectivity index (χ0) is 10.7. The maximum atomic E-state index is 8.64. The van der Waals surface area contributed by atoms with Gasteiger partial charge in [0.25, 0.3) is 0 Å². The number of hydrazine groups is 1. The number of benzene rings is 1. The van der Waals surface area contributed by atoms with Crippen molar-refractivity contribution in [3.63, 3.8) is 0 Å². The van der Waals surface area contributed by atoms with Gasteiger partial charge in [-0.2, -0.15) is 5.26 Å². The van der Waals surface area contributed by atoms with Crippen molar-refractivity contribution >= 4 is 6.34 Å². The quantitative estimate of drug-likeness (QED) is 0.551. The van der Waals surface area contributed by atoms with Crippen LogP contribution in [-0.4, -0.2) is 23.0 Å². The van der Waals surface area contributed by atoms with Crippen molar-refractivity contribution in [2.75, 3.05) is 6.67 Å². The average molecular weight is 200 g/mol. The van der Waals surface area contributed by atoms with E-state index in [9.17, 15) is 0 Å². The first-order valence-electron chi connectivity index (χ1n) is 4.50. The maximum absolute atomic E-state index is 8.64. The number of nitriles is 1. The van der Waals surface area contributed by atoms with Crippen LogP contribution in [0, 0.1) is 11.3 Å². The minimum Gasteiger partial charge on any atom is -0.219 e. The molecule has 0 radical (unpaired) electrons. The summed E-state index contributed by atoms with van der Waals surface area (Å²) in [5.41, 5.74) is 1.76. The van der Waals surface area contributed by atoms with E-state index in [0.29, 0.717) is 18.8 Å². The Morgan fingerprint density at radius 3 is 2.73 bits per heavy atom. The number of nitrogens with zero attached hydrogens (tertiary/aromatic N) is 4. The Kier molecular flexibility index (Phi) is 2.46. The summed E-state index contributed by atoms with van der Waals surface area (Å²) < 4.78 is 0. The highest BCUT2D eigenvalue weighted by Gasteiger charge is 2.24. The summed E-state index contributed by atoms with van der Waals surface area (Å²) in [6.45, 7) is 1.21. The van der Waals surface area contributed by atoms with Crippen LogP contribution in [0.5, 0.6) is 0 Å². The summed E-state index contributed by atoms with van der Waals surface area (Å²) in [5, 5.41) is 15.8. The average Bonchev–Trinajstić information content (AvgIpc) is 2.65. The van der Waals surface area contributed by atoms with E-state index < -0.39 is 0 Å². The third kappa shape index (κ3) is 2.20. The van der Waals surface area contributed by atoms with Gasteiger partial charge in [-0.1, -0.05) is 17.1 Å². The van der Waals surface area contributed by atoms with Crippen molar-refractivity contribution in [1.29, 1.82) is 5.26 Å². The van der Waals surface area contributed by atoms with Gasteiger partial charge in [0.2, 0.25) is 0 Å². The van der Waals surface area contributed by atoms with Crippen molar-refractivity contribution in [3.05, 3.63) is 35.4 Å². The molecule has 2 rings (SSSR count). The molecule has 0 saturated heterocycles. The molecular formula is C10H10N5+. The van der Waals surface area contributed by atoms with Crippen molar-refractivity contribution in [2.24, 2.45) is 10.9 Å². The highest BCUT2D eigenvalue weighted by Crippen LogP contribution is 2.09. The molecule has 0 saturated carbocycles. The van der Waals surface area contributed by atoms with Gasteiger partial charge in [0.15, 0.2) is 6.67 Å². The molecule has 0 bridgehead atoms. The summed E-state index contributed by atoms with van der Waals surface area (Å²) in [6, 6.07) is 9.48. The summed E-state index contributed by atoms with van der Waals surface area (Å²) in [4.78, 5) is 0. The second-order valence-corrected chi connectivity index (χ2v) is 3.28. The lowest BCUT2D eigenvalue weighted by Crippen LogP contribution is -2.31. The number of nitrogens with two attached hydrogens (primary N) is 1. The number of hydrazone groups is 1. The maximum Gasteiger partial charge on any atom is 0.561 e. The van der Waals surface area contributed by atoms with Crippen molar-refractivity contribution < 1.29 is 0 Å². The summed E-state index contributed by atoms with van der Waals surface area (Å²) in [6.07, 6.45) is 2.62. The lowest BCUT2D eigenvalue weighted by Gasteiger charge is -2.08. The van der Waals surface area contributed by atoms with Crippen LogP contribution < -0.4 is 5.84 Å². The fourth-order valence-electron chi connectivity index (χ4n) is 1.34. The van der Waals surface area contributed by atoms with Crippen LogP contribution in [0.15, 0.2) is 29.4 Å². The van der Waals surface area contributed by atoms with Crippen molar-refractivity contribution in [3.8, 4) is 6.07 Å². The standard InChI is InChI=1S/C10H10N5/c11-5-9-1-3-10(4-2-9)6-15-8-14(12)7-13-15/h1-4H,6,8,12H2/q+1. The Labute approximate surface area is 88.0 Å². The number of rotatable bonds is 2. The largest absolute Gasteiger partial charge is 0.561 e. The van der Waals surface area contributed by atoms with Gasteiger partial charge in [0.1, 0.15) is 5.10 Å². The molecule has 0 spiro atoms. The van der Waals surface area contributed by atoms with Crippen molar-refractivity contribution in [2.45, 2.75) is 6.54 Å². The minimum absolute atomic E-state index is 0.542. The molecule has 1 aromatic rings. The van der Waals surface area contributed by atoms with E-state index in [2.05, 4.69) is 17.5 Å². The molecule has 1 aromatic carbocycles. The van der Waals surface area contributed by atoms with E-state index in [-0.39, 0.29) is 0 Å². The second kappa shape index (κ2) is 3.93. The van der Waals surface area contributed by atoms with Crippen LogP contribution in [0.4, 0.5) is 0 Å². The van der Waals surface area contributed by atoms with Gasteiger partial charge in [-0.15, -0.1) is 0 Å². The first kappa shape index (κ1) is 9.41. The number of hydrogen-bond acceptors (Lipinski definition) is 5. The lowest BCUT2D eigenvalue weighted by molar-refractivity contribution is 0.230. The molecule has 5 nitrogen and oxygen atoms in total. The fraction of sp³-hybridized carbons (Fsp3) is 0.200. The molecule has 74 valence electrons. The van der Waals surface area contributed by atoms with E-state index in [1.165, 1.54) is 5.01 Å². The second-order valence-electron chi connectivity index (χ2n) is 3.28. The van der Waals surface area contributed by atoms with Crippen LogP contribution in [0.3, 0.4) is 0 Å². The van der Waals surface area contributed by atoms with E-state index >= 15 is 0 Å². The van der Waals surface area contributed by atoms with Crippen LogP contribution in [0.2, 0.25) is 0 Å². The molecule has 2 N–H and O–H groups in total. The molecule has 5 heteroatoms. The molecule has 0 aromatic heterocycles. The van der Waals surface area contributed by atoms with Gasteiger partial charge >= 0.3 is 6.34 Å². The monoisotopic (exact) mass is 200 g/mol. The van der Waals surface area contributed by atoms with Crippen LogP contribution in [0.1, 0.15) is 11.1 Å². The van der Waals surface area contributed by atoms with Gasteiger partial charge in [-0.3, -0.25) is 0 Å². The van der Waals surface area contributed by atoms with Gasteiger partial charge < -0.3 is 0 Å². The Hall–Kier alpha value is -2.15. The molecule has 0 aliphatic carbocycles. The Morgan fingerprint density at radius 1 is 1.47 bits per heavy atom. The molecule has 1 heterocycles. The molecule has 1 aliphatic heterocycles. The summed E-state index contributed by atoms with van der Waals surface area (Å²) >= 11 is 0. The highest BCUT2D eigenvalue weighted by atomic mass is 15.6. The Balaban J connectivity index is 2.00. The smallest absolute Gasteiger partial charge is 0.219 e. The Bertz CT molecular complexity index is 403. The van der Waals surface area contributed by atoms with Crippen LogP contribution >= 0.6 is 0 Å². The minimum atomic E-state index is 0.542. The molecule has 0 unspecified atom stereocenters. The molecule has 0 fully saturated rings. The predicted octanol–water partition coefficient (Wildman–Crippen LogP) is 0.327. The fourth-order valence-corrected chi connectivity index (χ4v) is 1.34. The summed E-state index contributed by atoms with van der Waals surface area (Å²) in [7, 11) is 0. The third-order valence-electron chi connectivity index (χ3n) is 2.08. The van der Waals surface area contributed by atoms with E-state index in [1.54, 1.807) is 17.1 Å². The molecule has 1 aliphatic rings. The van der Waals surface area contributed by atoms with Gasteiger partial charge in [-0.05, 0) is 17.7 Å². The van der Waals surface area contributed by atoms with Crippen LogP contribution in [-0.2, 0) is 6.54 Å². The molecule has 15 heavy (non-hydrogen) atoms. The summed E-state index contributed by atoms with van der Waals surface area (Å²) in [5.74, 6) is 5.47. The topological polar surface area (TPSA) is 68.7 Å². The third-order valence-corrected chi connectivity index (χ3v) is 2.08. The zero-order valence-corrected chi connectivity index (χ0v) is 8.09. The van der Waals surface area contributed by atoms with E-state index in [1.807, 2.05) is 12.1 Å². The van der Waals surface area contributed by atoms with E-state index in [4.69, 9.17) is 11.1 Å². The SMILES string of the molecule is N#Cc1ccc(CN2CN(N)[C+]=N2)cc1. The lowest BCUT2D eigenvalue weighted by atomic mass is 10.1. The first-order chi connectivity index (χ1) is 7.28. The predicted molar refractivity (Wildman–Crippen MR) is 55.0 cm³/mol. The van der Waals surface area contributed by atoms with Gasteiger partial charge in [0, 0.05) is 0 Å². The van der Waals surface area contributed by atoms with E-state index in [0.717, 1.165) is 5.56 Å². The molecule has 0 amide bonds. The van der Waals surface area contributed by atoms with Gasteiger partial charge in [0.05, 0.1) is 18.2 Å². The first-order valence-corrected chi connectivity index (χ1v) is 4.50. The van der Waals surface area contributed by atoms with Crippen molar-refractivity contribution in [1.82, 2.24) is 10.0 Å². The Morgan fingerprint density at radius 2 is 2.20 bits per heavy atom.